The predicted molar refractivity (Wildman–Crippen MR) is 80.4 cm³/mol. The third-order valence-corrected chi connectivity index (χ3v) is 4.54. The molecule has 0 aliphatic carbocycles. The Morgan fingerprint density at radius 1 is 1.38 bits per heavy atom. The molecule has 1 aliphatic rings. The van der Waals surface area contributed by atoms with Crippen LogP contribution in [0.2, 0.25) is 0 Å². The van der Waals surface area contributed by atoms with E-state index in [1.54, 1.807) is 0 Å². The first-order valence-corrected chi connectivity index (χ1v) is 7.88. The number of carbonyl (C=O) groups excluding carboxylic acids is 1. The summed E-state index contributed by atoms with van der Waals surface area (Å²) in [7, 11) is 0. The maximum Gasteiger partial charge on any atom is 0.332 e. The average molecular weight is 309 g/mol. The molecule has 114 valence electrons. The van der Waals surface area contributed by atoms with E-state index >= 15 is 0 Å². The number of hydrogen-bond acceptors (Lipinski definition) is 4. The molecule has 1 heterocycles. The van der Waals surface area contributed by atoms with Crippen molar-refractivity contribution in [3.05, 3.63) is 29.8 Å². The summed E-state index contributed by atoms with van der Waals surface area (Å²) >= 11 is 1.50. The second kappa shape index (κ2) is 7.47. The van der Waals surface area contributed by atoms with Crippen LogP contribution < -0.4 is 5.32 Å². The molecular formula is C15H19NO4S. The van der Waals surface area contributed by atoms with Gasteiger partial charge in [0.05, 0.1) is 11.9 Å². The number of carbonyl (C=O) groups is 2. The number of carboxylic acid groups (broad SMARTS) is 1. The van der Waals surface area contributed by atoms with Crippen LogP contribution in [0.25, 0.3) is 0 Å². The standard InChI is InChI=1S/C15H19NO4S/c1-10-4-2-3-5-13(10)21-9-14(17)16-8-11-6-7-12(20-11)15(18)19/h2-5,11-12H,6-9H2,1H3,(H,16,17)(H,18,19). The lowest BCUT2D eigenvalue weighted by atomic mass is 10.2. The molecule has 0 aromatic heterocycles. The molecule has 1 saturated heterocycles. The fourth-order valence-electron chi connectivity index (χ4n) is 2.18. The van der Waals surface area contributed by atoms with Gasteiger partial charge < -0.3 is 15.2 Å². The van der Waals surface area contributed by atoms with Crippen molar-refractivity contribution < 1.29 is 19.4 Å². The number of amides is 1. The minimum absolute atomic E-state index is 0.0642. The molecule has 1 aromatic rings. The minimum Gasteiger partial charge on any atom is -0.479 e. The zero-order valence-corrected chi connectivity index (χ0v) is 12.7. The van der Waals surface area contributed by atoms with E-state index in [0.717, 1.165) is 10.5 Å². The van der Waals surface area contributed by atoms with Gasteiger partial charge in [-0.1, -0.05) is 18.2 Å². The molecule has 2 N–H and O–H groups in total. The fraction of sp³-hybridized carbons (Fsp3) is 0.467. The summed E-state index contributed by atoms with van der Waals surface area (Å²) in [4.78, 5) is 23.7. The highest BCUT2D eigenvalue weighted by Crippen LogP contribution is 2.22. The zero-order valence-electron chi connectivity index (χ0n) is 11.9. The van der Waals surface area contributed by atoms with E-state index < -0.39 is 12.1 Å². The molecular weight excluding hydrogens is 290 g/mol. The van der Waals surface area contributed by atoms with Crippen molar-refractivity contribution in [3.8, 4) is 0 Å². The van der Waals surface area contributed by atoms with Crippen molar-refractivity contribution >= 4 is 23.6 Å². The molecule has 1 fully saturated rings. The third-order valence-electron chi connectivity index (χ3n) is 3.36. The number of rotatable bonds is 6. The molecule has 2 rings (SSSR count). The second-order valence-corrected chi connectivity index (χ2v) is 6.04. The number of hydrogen-bond donors (Lipinski definition) is 2. The number of benzene rings is 1. The highest BCUT2D eigenvalue weighted by atomic mass is 32.2. The maximum absolute atomic E-state index is 11.8. The van der Waals surface area contributed by atoms with E-state index in [9.17, 15) is 9.59 Å². The normalized spacial score (nSPS) is 21.2. The lowest BCUT2D eigenvalue weighted by molar-refractivity contribution is -0.149. The third kappa shape index (κ3) is 4.75. The number of thioether (sulfide) groups is 1. The summed E-state index contributed by atoms with van der Waals surface area (Å²) in [6.45, 7) is 2.38. The number of ether oxygens (including phenoxy) is 1. The van der Waals surface area contributed by atoms with Crippen molar-refractivity contribution in [1.29, 1.82) is 0 Å². The van der Waals surface area contributed by atoms with Crippen LogP contribution in [0.1, 0.15) is 18.4 Å². The molecule has 6 heteroatoms. The van der Waals surface area contributed by atoms with Crippen LogP contribution in [-0.4, -0.2) is 41.5 Å². The highest BCUT2D eigenvalue weighted by Gasteiger charge is 2.30. The van der Waals surface area contributed by atoms with Gasteiger partial charge in [-0.2, -0.15) is 0 Å². The fourth-order valence-corrected chi connectivity index (χ4v) is 3.04. The molecule has 5 nitrogen and oxygen atoms in total. The molecule has 1 aromatic carbocycles. The van der Waals surface area contributed by atoms with E-state index in [2.05, 4.69) is 5.32 Å². The lowest BCUT2D eigenvalue weighted by Crippen LogP contribution is -2.34. The van der Waals surface area contributed by atoms with Crippen LogP contribution in [0.15, 0.2) is 29.2 Å². The van der Waals surface area contributed by atoms with Gasteiger partial charge in [0.15, 0.2) is 6.10 Å². The molecule has 1 aliphatic heterocycles. The van der Waals surface area contributed by atoms with E-state index in [-0.39, 0.29) is 12.0 Å². The van der Waals surface area contributed by atoms with Crippen molar-refractivity contribution in [2.75, 3.05) is 12.3 Å². The first kappa shape index (κ1) is 15.9. The monoisotopic (exact) mass is 309 g/mol. The Labute approximate surface area is 128 Å². The van der Waals surface area contributed by atoms with E-state index in [1.807, 2.05) is 31.2 Å². The summed E-state index contributed by atoms with van der Waals surface area (Å²) in [5.41, 5.74) is 1.15. The van der Waals surface area contributed by atoms with Gasteiger partial charge in [-0.25, -0.2) is 4.79 Å². The van der Waals surface area contributed by atoms with E-state index in [0.29, 0.717) is 25.1 Å². The van der Waals surface area contributed by atoms with Crippen molar-refractivity contribution in [1.82, 2.24) is 5.32 Å². The number of aliphatic carboxylic acids is 1. The summed E-state index contributed by atoms with van der Waals surface area (Å²) < 4.78 is 5.33. The molecule has 0 spiro atoms. The Bertz CT molecular complexity index is 520. The SMILES string of the molecule is Cc1ccccc1SCC(=O)NCC1CCC(C(=O)O)O1. The summed E-state index contributed by atoms with van der Waals surface area (Å²) in [5, 5.41) is 11.6. The van der Waals surface area contributed by atoms with Crippen LogP contribution in [-0.2, 0) is 14.3 Å². The van der Waals surface area contributed by atoms with Gasteiger partial charge in [0.1, 0.15) is 0 Å². The predicted octanol–water partition coefficient (Wildman–Crippen LogP) is 1.84. The largest absolute Gasteiger partial charge is 0.479 e. The van der Waals surface area contributed by atoms with Gasteiger partial charge in [0, 0.05) is 11.4 Å². The van der Waals surface area contributed by atoms with Crippen LogP contribution in [0.5, 0.6) is 0 Å². The van der Waals surface area contributed by atoms with Gasteiger partial charge >= 0.3 is 5.97 Å². The Hall–Kier alpha value is -1.53. The highest BCUT2D eigenvalue weighted by molar-refractivity contribution is 8.00. The number of carboxylic acids is 1. The first-order chi connectivity index (χ1) is 10.1. The molecule has 21 heavy (non-hydrogen) atoms. The van der Waals surface area contributed by atoms with Gasteiger partial charge in [0.25, 0.3) is 0 Å². The summed E-state index contributed by atoms with van der Waals surface area (Å²) in [5.74, 6) is -0.649. The topological polar surface area (TPSA) is 75.6 Å². The van der Waals surface area contributed by atoms with Crippen LogP contribution in [0, 0.1) is 6.92 Å². The quantitative estimate of drug-likeness (QED) is 0.784. The first-order valence-electron chi connectivity index (χ1n) is 6.89. The van der Waals surface area contributed by atoms with E-state index in [4.69, 9.17) is 9.84 Å². The molecule has 0 radical (unpaired) electrons. The minimum atomic E-state index is -0.932. The summed E-state index contributed by atoms with van der Waals surface area (Å²) in [6, 6.07) is 7.92. The van der Waals surface area contributed by atoms with Crippen molar-refractivity contribution in [3.63, 3.8) is 0 Å². The van der Waals surface area contributed by atoms with Gasteiger partial charge in [-0.15, -0.1) is 11.8 Å². The van der Waals surface area contributed by atoms with Crippen LogP contribution >= 0.6 is 11.8 Å². The van der Waals surface area contributed by atoms with Gasteiger partial charge in [-0.3, -0.25) is 4.79 Å². The maximum atomic E-state index is 11.8. The van der Waals surface area contributed by atoms with Gasteiger partial charge in [0.2, 0.25) is 5.91 Å². The van der Waals surface area contributed by atoms with Crippen molar-refractivity contribution in [2.45, 2.75) is 36.9 Å². The molecule has 0 saturated carbocycles. The Kier molecular flexibility index (Phi) is 5.64. The zero-order chi connectivity index (χ0) is 15.2. The Morgan fingerprint density at radius 2 is 2.14 bits per heavy atom. The van der Waals surface area contributed by atoms with Gasteiger partial charge in [-0.05, 0) is 31.4 Å². The number of aryl methyl sites for hydroxylation is 1. The Balaban J connectivity index is 1.69. The molecule has 2 unspecified atom stereocenters. The average Bonchev–Trinajstić information content (AvgIpc) is 2.93. The van der Waals surface area contributed by atoms with Crippen LogP contribution in [0.4, 0.5) is 0 Å². The smallest absolute Gasteiger partial charge is 0.332 e. The summed E-state index contributed by atoms with van der Waals surface area (Å²) in [6.07, 6.45) is 0.252. The van der Waals surface area contributed by atoms with Crippen molar-refractivity contribution in [2.24, 2.45) is 0 Å². The number of nitrogens with one attached hydrogen (secondary N) is 1. The Morgan fingerprint density at radius 3 is 2.81 bits per heavy atom. The molecule has 0 bridgehead atoms. The second-order valence-electron chi connectivity index (χ2n) is 5.02. The van der Waals surface area contributed by atoms with Crippen LogP contribution in [0.3, 0.4) is 0 Å². The lowest BCUT2D eigenvalue weighted by Gasteiger charge is -2.12. The van der Waals surface area contributed by atoms with E-state index in [1.165, 1.54) is 11.8 Å². The molecule has 1 amide bonds. The molecule has 2 atom stereocenters.